The summed E-state index contributed by atoms with van der Waals surface area (Å²) in [7, 11) is 1.84. The summed E-state index contributed by atoms with van der Waals surface area (Å²) in [5.41, 5.74) is -0.328. The molecule has 0 amide bonds. The van der Waals surface area contributed by atoms with Crippen LogP contribution < -0.4 is 0 Å². The maximum absolute atomic E-state index is 14.0. The molecular formula is C26H44F2O3. The molecule has 0 bridgehead atoms. The highest BCUT2D eigenvalue weighted by atomic mass is 19.3. The maximum atomic E-state index is 14.0. The summed E-state index contributed by atoms with van der Waals surface area (Å²) in [4.78, 5) is 0. The Morgan fingerprint density at radius 2 is 1.74 bits per heavy atom. The molecule has 0 aliphatic heterocycles. The summed E-state index contributed by atoms with van der Waals surface area (Å²) < 4.78 is 34.2. The molecule has 0 aromatic rings. The Labute approximate surface area is 187 Å². The van der Waals surface area contributed by atoms with Gasteiger partial charge in [-0.05, 0) is 105 Å². The van der Waals surface area contributed by atoms with Crippen LogP contribution in [0.5, 0.6) is 0 Å². The Morgan fingerprint density at radius 3 is 2.39 bits per heavy atom. The van der Waals surface area contributed by atoms with E-state index < -0.39 is 18.1 Å². The van der Waals surface area contributed by atoms with E-state index in [1.165, 1.54) is 12.8 Å². The summed E-state index contributed by atoms with van der Waals surface area (Å²) in [5.74, 6) is -0.648. The van der Waals surface area contributed by atoms with Crippen molar-refractivity contribution in [1.82, 2.24) is 0 Å². The Hall–Kier alpha value is -0.260. The molecule has 4 fully saturated rings. The summed E-state index contributed by atoms with van der Waals surface area (Å²) in [5, 5.41) is 19.8. The predicted molar refractivity (Wildman–Crippen MR) is 118 cm³/mol. The van der Waals surface area contributed by atoms with E-state index in [4.69, 9.17) is 9.84 Å². The molecule has 4 aliphatic carbocycles. The number of aliphatic hydroxyl groups excluding tert-OH is 1. The molecule has 31 heavy (non-hydrogen) atoms. The smallest absolute Gasteiger partial charge is 0.270 e. The summed E-state index contributed by atoms with van der Waals surface area (Å²) in [6.07, 6.45) is 8.17. The molecule has 0 aromatic heterocycles. The normalized spacial score (nSPS) is 51.0. The topological polar surface area (TPSA) is 49.7 Å². The number of hydrogen-bond donors (Lipinski definition) is 2. The maximum Gasteiger partial charge on any atom is 0.270 e. The Bertz CT molecular complexity index is 667. The number of halogens is 2. The van der Waals surface area contributed by atoms with Gasteiger partial charge in [-0.15, -0.1) is 0 Å². The van der Waals surface area contributed by atoms with Gasteiger partial charge in [-0.2, -0.15) is 0 Å². The molecule has 0 radical (unpaired) electrons. The Morgan fingerprint density at radius 1 is 1.03 bits per heavy atom. The minimum Gasteiger partial charge on any atom is -0.390 e. The van der Waals surface area contributed by atoms with E-state index in [0.717, 1.165) is 38.5 Å². The molecule has 4 rings (SSSR count). The lowest BCUT2D eigenvalue weighted by Crippen LogP contribution is -2.60. The molecule has 3 nitrogen and oxygen atoms in total. The molecule has 0 aromatic carbocycles. The molecule has 0 saturated heterocycles. The van der Waals surface area contributed by atoms with Crippen LogP contribution in [0, 0.1) is 46.3 Å². The lowest BCUT2D eigenvalue weighted by atomic mass is 9.43. The van der Waals surface area contributed by atoms with E-state index in [1.54, 1.807) is 0 Å². The fourth-order valence-corrected chi connectivity index (χ4v) is 9.40. The third-order valence-corrected chi connectivity index (χ3v) is 10.8. The van der Waals surface area contributed by atoms with E-state index in [0.29, 0.717) is 23.7 Å². The van der Waals surface area contributed by atoms with Gasteiger partial charge in [-0.1, -0.05) is 20.8 Å². The van der Waals surface area contributed by atoms with Gasteiger partial charge in [0.05, 0.1) is 11.7 Å². The molecule has 0 unspecified atom stereocenters. The number of hydrogen-bond acceptors (Lipinski definition) is 3. The molecule has 0 spiro atoms. The second kappa shape index (κ2) is 7.91. The molecule has 4 aliphatic rings. The van der Waals surface area contributed by atoms with E-state index in [-0.39, 0.29) is 35.2 Å². The minimum absolute atomic E-state index is 0.0240. The van der Waals surface area contributed by atoms with Crippen LogP contribution in [0.15, 0.2) is 0 Å². The number of methoxy groups -OCH3 is 1. The van der Waals surface area contributed by atoms with Crippen LogP contribution in [-0.2, 0) is 4.74 Å². The number of rotatable bonds is 5. The van der Waals surface area contributed by atoms with E-state index in [9.17, 15) is 13.9 Å². The molecule has 180 valence electrons. The fourth-order valence-electron chi connectivity index (χ4n) is 9.40. The highest BCUT2D eigenvalue weighted by Gasteiger charge is 2.64. The number of ether oxygens (including phenoxy) is 1. The largest absolute Gasteiger partial charge is 0.390 e. The van der Waals surface area contributed by atoms with Crippen molar-refractivity contribution in [3.05, 3.63) is 0 Å². The van der Waals surface area contributed by atoms with Gasteiger partial charge in [0.2, 0.25) is 0 Å². The molecule has 5 heteroatoms. The average Bonchev–Trinajstić information content (AvgIpc) is 3.04. The molecule has 0 heterocycles. The second-order valence-corrected chi connectivity index (χ2v) is 12.6. The van der Waals surface area contributed by atoms with Gasteiger partial charge in [-0.25, -0.2) is 8.78 Å². The van der Waals surface area contributed by atoms with Gasteiger partial charge in [0.1, 0.15) is 6.61 Å². The minimum atomic E-state index is -2.99. The lowest BCUT2D eigenvalue weighted by Gasteiger charge is -2.64. The zero-order valence-corrected chi connectivity index (χ0v) is 20.2. The standard InChI is InChI=1S/C26H44F2O3/c1-16(12-26(27,28)15-29)19-8-9-20-18-7-6-17-13-23(2,30)10-11-24(17,3)22(18)21(31-5)14-25(19,20)4/h16-22,29-30H,6-15H2,1-5H3/t16-,17+,18+,19-,20+,21+,22-,23+,24+,25-/m1/s1. The third kappa shape index (κ3) is 3.89. The van der Waals surface area contributed by atoms with E-state index >= 15 is 0 Å². The third-order valence-electron chi connectivity index (χ3n) is 10.8. The number of fused-ring (bicyclic) bond motifs is 5. The van der Waals surface area contributed by atoms with Crippen LogP contribution in [0.3, 0.4) is 0 Å². The first-order valence-corrected chi connectivity index (χ1v) is 12.6. The van der Waals surface area contributed by atoms with Gasteiger partial charge in [0.25, 0.3) is 5.92 Å². The van der Waals surface area contributed by atoms with Crippen LogP contribution in [0.2, 0.25) is 0 Å². The Kier molecular flexibility index (Phi) is 6.09. The second-order valence-electron chi connectivity index (χ2n) is 12.6. The van der Waals surface area contributed by atoms with Crippen LogP contribution in [0.25, 0.3) is 0 Å². The molecule has 4 saturated carbocycles. The van der Waals surface area contributed by atoms with Crippen molar-refractivity contribution in [3.8, 4) is 0 Å². The number of alkyl halides is 2. The van der Waals surface area contributed by atoms with Crippen molar-refractivity contribution in [1.29, 1.82) is 0 Å². The summed E-state index contributed by atoms with van der Waals surface area (Å²) >= 11 is 0. The van der Waals surface area contributed by atoms with Gasteiger partial charge < -0.3 is 14.9 Å². The first-order valence-electron chi connectivity index (χ1n) is 12.6. The lowest BCUT2D eigenvalue weighted by molar-refractivity contribution is -0.198. The van der Waals surface area contributed by atoms with E-state index in [2.05, 4.69) is 13.8 Å². The highest BCUT2D eigenvalue weighted by Crippen LogP contribution is 2.69. The summed E-state index contributed by atoms with van der Waals surface area (Å²) in [6.45, 7) is 7.71. The zero-order valence-electron chi connectivity index (χ0n) is 20.2. The monoisotopic (exact) mass is 442 g/mol. The van der Waals surface area contributed by atoms with Gasteiger partial charge in [0.15, 0.2) is 0 Å². The van der Waals surface area contributed by atoms with Crippen molar-refractivity contribution in [2.75, 3.05) is 13.7 Å². The molecule has 2 N–H and O–H groups in total. The van der Waals surface area contributed by atoms with Crippen LogP contribution >= 0.6 is 0 Å². The first kappa shape index (κ1) is 23.9. The summed E-state index contributed by atoms with van der Waals surface area (Å²) in [6, 6.07) is 0. The van der Waals surface area contributed by atoms with Crippen molar-refractivity contribution in [2.24, 2.45) is 46.3 Å². The quantitative estimate of drug-likeness (QED) is 0.576. The van der Waals surface area contributed by atoms with Crippen LogP contribution in [-0.4, -0.2) is 41.6 Å². The van der Waals surface area contributed by atoms with Crippen LogP contribution in [0.1, 0.15) is 85.5 Å². The van der Waals surface area contributed by atoms with E-state index in [1.807, 2.05) is 21.0 Å². The van der Waals surface area contributed by atoms with Crippen molar-refractivity contribution in [3.63, 3.8) is 0 Å². The molecular weight excluding hydrogens is 398 g/mol. The van der Waals surface area contributed by atoms with Crippen molar-refractivity contribution in [2.45, 2.75) is 103 Å². The van der Waals surface area contributed by atoms with Gasteiger partial charge in [0, 0.05) is 13.5 Å². The van der Waals surface area contributed by atoms with Crippen molar-refractivity contribution < 1.29 is 23.7 Å². The van der Waals surface area contributed by atoms with Crippen LogP contribution in [0.4, 0.5) is 8.78 Å². The number of aliphatic hydroxyl groups is 2. The fraction of sp³-hybridized carbons (Fsp3) is 1.00. The zero-order chi connectivity index (χ0) is 22.8. The SMILES string of the molecule is CO[C@H]1C[C@]2(C)[C@@H]([C@H](C)CC(F)(F)CO)CC[C@H]2[C@@H]2CC[C@H]3C[C@@](C)(O)CC[C@]3(C)[C@H]21. The molecule has 10 atom stereocenters. The highest BCUT2D eigenvalue weighted by molar-refractivity contribution is 5.13. The average molecular weight is 443 g/mol. The van der Waals surface area contributed by atoms with Gasteiger partial charge in [-0.3, -0.25) is 0 Å². The first-order chi connectivity index (χ1) is 14.4. The Balaban J connectivity index is 1.61. The predicted octanol–water partition coefficient (Wildman–Crippen LogP) is 5.68. The van der Waals surface area contributed by atoms with Crippen molar-refractivity contribution >= 4 is 0 Å². The van der Waals surface area contributed by atoms with Gasteiger partial charge >= 0.3 is 0 Å².